The minimum Gasteiger partial charge on any atom is -0.329 e. The molecule has 1 heterocycles. The second kappa shape index (κ2) is 3.74. The minimum absolute atomic E-state index is 0.659. The smallest absolute Gasteiger partial charge is 0.211 e. The highest BCUT2D eigenvalue weighted by atomic mass is 16.1. The Labute approximate surface area is 81.0 Å². The monoisotopic (exact) mass is 187 g/mol. The topological polar surface area (TPSA) is 57.8 Å². The van der Waals surface area contributed by atoms with Crippen molar-refractivity contribution in [1.29, 1.82) is 0 Å². The number of aromatic amines is 1. The number of carbonyl (C=O) groups excluding carboxylic acids is 1. The summed E-state index contributed by atoms with van der Waals surface area (Å²) in [6, 6.07) is 9.40. The lowest BCUT2D eigenvalue weighted by Crippen LogP contribution is -1.93. The Kier molecular flexibility index (Phi) is 2.27. The number of aromatic nitrogens is 2. The van der Waals surface area contributed by atoms with Crippen molar-refractivity contribution in [2.24, 2.45) is 0 Å². The Balaban J connectivity index is 2.35. The van der Waals surface area contributed by atoms with E-state index in [0.717, 1.165) is 16.9 Å². The van der Waals surface area contributed by atoms with E-state index < -0.39 is 0 Å². The molecule has 14 heavy (non-hydrogen) atoms. The molecule has 0 fully saturated rings. The Morgan fingerprint density at radius 1 is 1.36 bits per heavy atom. The van der Waals surface area contributed by atoms with Gasteiger partial charge >= 0.3 is 0 Å². The molecule has 2 aromatic rings. The van der Waals surface area contributed by atoms with Crippen LogP contribution < -0.4 is 5.32 Å². The van der Waals surface area contributed by atoms with E-state index in [2.05, 4.69) is 15.5 Å². The van der Waals surface area contributed by atoms with Crippen molar-refractivity contribution in [3.8, 4) is 11.3 Å². The van der Waals surface area contributed by atoms with Gasteiger partial charge in [0.15, 0.2) is 0 Å². The average molecular weight is 187 g/mol. The minimum atomic E-state index is 0.659. The maximum absolute atomic E-state index is 10.2. The second-order valence-electron chi connectivity index (χ2n) is 2.81. The largest absolute Gasteiger partial charge is 0.329 e. The summed E-state index contributed by atoms with van der Waals surface area (Å²) in [5.74, 6) is 0. The van der Waals surface area contributed by atoms with Crippen LogP contribution in [0.25, 0.3) is 11.3 Å². The first-order valence-electron chi connectivity index (χ1n) is 4.20. The van der Waals surface area contributed by atoms with Crippen molar-refractivity contribution in [2.45, 2.75) is 0 Å². The molecular formula is C10H9N3O. The molecule has 1 aromatic carbocycles. The molecule has 0 unspecified atom stereocenters. The molecule has 0 aliphatic carbocycles. The Hall–Kier alpha value is -2.10. The Morgan fingerprint density at radius 3 is 3.00 bits per heavy atom. The predicted molar refractivity (Wildman–Crippen MR) is 53.7 cm³/mol. The number of hydrogen-bond acceptors (Lipinski definition) is 2. The molecule has 0 atom stereocenters. The summed E-state index contributed by atoms with van der Waals surface area (Å²) in [4.78, 5) is 10.2. The van der Waals surface area contributed by atoms with Crippen LogP contribution >= 0.6 is 0 Å². The van der Waals surface area contributed by atoms with Crippen molar-refractivity contribution >= 4 is 12.1 Å². The second-order valence-corrected chi connectivity index (χ2v) is 2.81. The zero-order chi connectivity index (χ0) is 9.80. The van der Waals surface area contributed by atoms with Crippen LogP contribution in [0.2, 0.25) is 0 Å². The molecule has 1 amide bonds. The number of hydrogen-bond donors (Lipinski definition) is 2. The number of nitrogens with zero attached hydrogens (tertiary/aromatic N) is 1. The zero-order valence-corrected chi connectivity index (χ0v) is 7.40. The summed E-state index contributed by atoms with van der Waals surface area (Å²) >= 11 is 0. The fourth-order valence-electron chi connectivity index (χ4n) is 1.26. The van der Waals surface area contributed by atoms with Crippen LogP contribution in [0.5, 0.6) is 0 Å². The lowest BCUT2D eigenvalue weighted by molar-refractivity contribution is -0.105. The normalized spacial score (nSPS) is 9.71. The third kappa shape index (κ3) is 1.64. The average Bonchev–Trinajstić information content (AvgIpc) is 2.71. The van der Waals surface area contributed by atoms with Gasteiger partial charge in [-0.3, -0.25) is 9.89 Å². The highest BCUT2D eigenvalue weighted by Crippen LogP contribution is 2.19. The van der Waals surface area contributed by atoms with Crippen LogP contribution in [0.3, 0.4) is 0 Å². The fourth-order valence-corrected chi connectivity index (χ4v) is 1.26. The summed E-state index contributed by atoms with van der Waals surface area (Å²) in [7, 11) is 0. The van der Waals surface area contributed by atoms with E-state index in [0.29, 0.717) is 6.41 Å². The first-order chi connectivity index (χ1) is 6.90. The van der Waals surface area contributed by atoms with E-state index >= 15 is 0 Å². The molecule has 0 saturated carbocycles. The van der Waals surface area contributed by atoms with Crippen LogP contribution in [0.1, 0.15) is 0 Å². The summed E-state index contributed by atoms with van der Waals surface area (Å²) < 4.78 is 0. The van der Waals surface area contributed by atoms with Crippen molar-refractivity contribution in [3.63, 3.8) is 0 Å². The number of anilines is 1. The van der Waals surface area contributed by atoms with Gasteiger partial charge in [0, 0.05) is 17.4 Å². The van der Waals surface area contributed by atoms with Gasteiger partial charge in [-0.1, -0.05) is 12.1 Å². The van der Waals surface area contributed by atoms with Gasteiger partial charge in [0.05, 0.1) is 5.69 Å². The maximum atomic E-state index is 10.2. The van der Waals surface area contributed by atoms with Gasteiger partial charge in [0.2, 0.25) is 6.41 Å². The van der Waals surface area contributed by atoms with Gasteiger partial charge in [0.25, 0.3) is 0 Å². The molecule has 0 radical (unpaired) electrons. The molecule has 0 bridgehead atoms. The summed E-state index contributed by atoms with van der Waals surface area (Å²) in [5.41, 5.74) is 2.70. The molecule has 0 spiro atoms. The van der Waals surface area contributed by atoms with Crippen LogP contribution in [0, 0.1) is 0 Å². The van der Waals surface area contributed by atoms with E-state index in [-0.39, 0.29) is 0 Å². The number of rotatable bonds is 3. The molecule has 2 rings (SSSR count). The molecular weight excluding hydrogens is 178 g/mol. The van der Waals surface area contributed by atoms with Crippen LogP contribution in [-0.2, 0) is 4.79 Å². The molecule has 4 nitrogen and oxygen atoms in total. The number of amides is 1. The van der Waals surface area contributed by atoms with Crippen LogP contribution in [-0.4, -0.2) is 16.6 Å². The molecule has 1 aromatic heterocycles. The van der Waals surface area contributed by atoms with Gasteiger partial charge in [-0.25, -0.2) is 0 Å². The molecule has 4 heteroatoms. The van der Waals surface area contributed by atoms with Crippen molar-refractivity contribution in [2.75, 3.05) is 5.32 Å². The van der Waals surface area contributed by atoms with Gasteiger partial charge < -0.3 is 5.32 Å². The molecule has 2 N–H and O–H groups in total. The van der Waals surface area contributed by atoms with Crippen LogP contribution in [0.15, 0.2) is 36.5 Å². The Bertz CT molecular complexity index is 423. The first kappa shape index (κ1) is 8.50. The van der Waals surface area contributed by atoms with E-state index in [1.165, 1.54) is 0 Å². The SMILES string of the molecule is O=CNc1cccc(-c2ccn[nH]2)c1. The highest BCUT2D eigenvalue weighted by molar-refractivity contribution is 5.74. The van der Waals surface area contributed by atoms with Gasteiger partial charge in [-0.05, 0) is 18.2 Å². The lowest BCUT2D eigenvalue weighted by Gasteiger charge is -2.01. The zero-order valence-electron chi connectivity index (χ0n) is 7.40. The number of carbonyl (C=O) groups is 1. The Morgan fingerprint density at radius 2 is 2.29 bits per heavy atom. The van der Waals surface area contributed by atoms with E-state index in [4.69, 9.17) is 0 Å². The van der Waals surface area contributed by atoms with E-state index in [1.807, 2.05) is 30.3 Å². The number of benzene rings is 1. The summed E-state index contributed by atoms with van der Waals surface area (Å²) in [5, 5.41) is 9.31. The van der Waals surface area contributed by atoms with E-state index in [1.54, 1.807) is 6.20 Å². The first-order valence-corrected chi connectivity index (χ1v) is 4.20. The van der Waals surface area contributed by atoms with Gasteiger partial charge in [-0.2, -0.15) is 5.10 Å². The van der Waals surface area contributed by atoms with Crippen molar-refractivity contribution in [1.82, 2.24) is 10.2 Å². The number of nitrogens with one attached hydrogen (secondary N) is 2. The molecule has 0 saturated heterocycles. The predicted octanol–water partition coefficient (Wildman–Crippen LogP) is 1.64. The van der Waals surface area contributed by atoms with Crippen molar-refractivity contribution < 1.29 is 4.79 Å². The number of H-pyrrole nitrogens is 1. The maximum Gasteiger partial charge on any atom is 0.211 e. The third-order valence-electron chi connectivity index (χ3n) is 1.90. The molecule has 0 aliphatic rings. The third-order valence-corrected chi connectivity index (χ3v) is 1.90. The standard InChI is InChI=1S/C10H9N3O/c14-7-11-9-3-1-2-8(6-9)10-4-5-12-13-10/h1-7H,(H,11,14)(H,12,13). The quantitative estimate of drug-likeness (QED) is 0.718. The van der Waals surface area contributed by atoms with Crippen LogP contribution in [0.4, 0.5) is 5.69 Å². The summed E-state index contributed by atoms with van der Waals surface area (Å²) in [6.07, 6.45) is 2.35. The van der Waals surface area contributed by atoms with Crippen molar-refractivity contribution in [3.05, 3.63) is 36.5 Å². The van der Waals surface area contributed by atoms with E-state index in [9.17, 15) is 4.79 Å². The van der Waals surface area contributed by atoms with Gasteiger partial charge in [0.1, 0.15) is 0 Å². The lowest BCUT2D eigenvalue weighted by atomic mass is 10.1. The summed E-state index contributed by atoms with van der Waals surface area (Å²) in [6.45, 7) is 0. The fraction of sp³-hybridized carbons (Fsp3) is 0. The highest BCUT2D eigenvalue weighted by Gasteiger charge is 1.98. The van der Waals surface area contributed by atoms with Gasteiger partial charge in [-0.15, -0.1) is 0 Å². The molecule has 0 aliphatic heterocycles. The molecule has 70 valence electrons.